The topological polar surface area (TPSA) is 52.9 Å². The summed E-state index contributed by atoms with van der Waals surface area (Å²) in [4.78, 5) is 12.2. The van der Waals surface area contributed by atoms with E-state index in [9.17, 15) is 10.1 Å². The van der Waals surface area contributed by atoms with Crippen molar-refractivity contribution in [1.29, 1.82) is 5.26 Å². The summed E-state index contributed by atoms with van der Waals surface area (Å²) in [5, 5.41) is 12.3. The van der Waals surface area contributed by atoms with Crippen LogP contribution in [0.2, 0.25) is 5.02 Å². The summed E-state index contributed by atoms with van der Waals surface area (Å²) in [6, 6.07) is 16.1. The van der Waals surface area contributed by atoms with Gasteiger partial charge >= 0.3 is 0 Å². The predicted molar refractivity (Wildman–Crippen MR) is 82.6 cm³/mol. The highest BCUT2D eigenvalue weighted by atomic mass is 79.9. The molecular weight excluding hydrogens is 340 g/mol. The zero-order valence-electron chi connectivity index (χ0n) is 10.3. The second-order valence-corrected chi connectivity index (χ2v) is 5.41. The zero-order chi connectivity index (χ0) is 14.5. The van der Waals surface area contributed by atoms with Crippen LogP contribution in [0.4, 0.5) is 5.69 Å². The van der Waals surface area contributed by atoms with Crippen molar-refractivity contribution in [3.63, 3.8) is 0 Å². The number of halogens is 2. The Kier molecular flexibility index (Phi) is 4.78. The van der Waals surface area contributed by atoms with Gasteiger partial charge in [-0.1, -0.05) is 57.9 Å². The molecule has 0 aliphatic carbocycles. The Labute approximate surface area is 130 Å². The Hall–Kier alpha value is -1.83. The molecule has 0 saturated heterocycles. The van der Waals surface area contributed by atoms with Crippen LogP contribution in [0.15, 0.2) is 53.0 Å². The normalized spacial score (nSPS) is 11.4. The molecule has 20 heavy (non-hydrogen) atoms. The molecule has 1 N–H and O–H groups in total. The first-order valence-electron chi connectivity index (χ1n) is 5.82. The Balaban J connectivity index is 2.21. The van der Waals surface area contributed by atoms with Gasteiger partial charge in [0.2, 0.25) is 5.91 Å². The van der Waals surface area contributed by atoms with Crippen LogP contribution in [0.3, 0.4) is 0 Å². The van der Waals surface area contributed by atoms with Crippen molar-refractivity contribution in [3.05, 3.63) is 63.6 Å². The number of hydrogen-bond acceptors (Lipinski definition) is 2. The summed E-state index contributed by atoms with van der Waals surface area (Å²) in [7, 11) is 0. The SMILES string of the molecule is N#CC(C(=O)Nc1ccc(Br)cc1Cl)c1ccccc1. The molecule has 0 aromatic heterocycles. The number of amides is 1. The van der Waals surface area contributed by atoms with Crippen LogP contribution in [-0.2, 0) is 4.79 Å². The summed E-state index contributed by atoms with van der Waals surface area (Å²) < 4.78 is 0.820. The van der Waals surface area contributed by atoms with Gasteiger partial charge < -0.3 is 5.32 Å². The molecule has 1 unspecified atom stereocenters. The Morgan fingerprint density at radius 3 is 2.55 bits per heavy atom. The molecule has 0 saturated carbocycles. The first-order chi connectivity index (χ1) is 9.61. The average Bonchev–Trinajstić information content (AvgIpc) is 2.44. The van der Waals surface area contributed by atoms with Gasteiger partial charge in [-0.15, -0.1) is 0 Å². The maximum absolute atomic E-state index is 12.2. The third-order valence-corrected chi connectivity index (χ3v) is 3.52. The lowest BCUT2D eigenvalue weighted by molar-refractivity contribution is -0.116. The maximum atomic E-state index is 12.2. The monoisotopic (exact) mass is 348 g/mol. The molecule has 100 valence electrons. The molecule has 0 fully saturated rings. The minimum atomic E-state index is -0.865. The van der Waals surface area contributed by atoms with Gasteiger partial charge in [0.1, 0.15) is 0 Å². The molecule has 2 rings (SSSR count). The van der Waals surface area contributed by atoms with E-state index < -0.39 is 11.8 Å². The molecule has 2 aromatic carbocycles. The molecule has 5 heteroatoms. The molecule has 0 aliphatic heterocycles. The molecule has 3 nitrogen and oxygen atoms in total. The van der Waals surface area contributed by atoms with Gasteiger partial charge in [-0.25, -0.2) is 0 Å². The van der Waals surface area contributed by atoms with Crippen molar-refractivity contribution >= 4 is 39.1 Å². The first-order valence-corrected chi connectivity index (χ1v) is 6.99. The molecule has 0 radical (unpaired) electrons. The molecule has 0 bridgehead atoms. The standard InChI is InChI=1S/C15H10BrClN2O/c16-11-6-7-14(13(17)8-11)19-15(20)12(9-18)10-4-2-1-3-5-10/h1-8,12H,(H,19,20). The highest BCUT2D eigenvalue weighted by Gasteiger charge is 2.20. The fourth-order valence-electron chi connectivity index (χ4n) is 1.73. The number of benzene rings is 2. The van der Waals surface area contributed by atoms with Crippen LogP contribution in [0.5, 0.6) is 0 Å². The summed E-state index contributed by atoms with van der Waals surface area (Å²) in [5.41, 5.74) is 1.14. The summed E-state index contributed by atoms with van der Waals surface area (Å²) in [5.74, 6) is -1.26. The van der Waals surface area contributed by atoms with E-state index in [1.807, 2.05) is 12.1 Å². The molecule has 1 atom stereocenters. The van der Waals surface area contributed by atoms with Crippen molar-refractivity contribution in [2.45, 2.75) is 5.92 Å². The van der Waals surface area contributed by atoms with Gasteiger partial charge in [0, 0.05) is 4.47 Å². The molecule has 0 spiro atoms. The quantitative estimate of drug-likeness (QED) is 0.895. The Morgan fingerprint density at radius 2 is 1.95 bits per heavy atom. The number of carbonyl (C=O) groups excluding carboxylic acids is 1. The van der Waals surface area contributed by atoms with Crippen molar-refractivity contribution in [1.82, 2.24) is 0 Å². The first kappa shape index (κ1) is 14.6. The van der Waals surface area contributed by atoms with Gasteiger partial charge in [-0.05, 0) is 23.8 Å². The summed E-state index contributed by atoms with van der Waals surface area (Å²) >= 11 is 9.33. The van der Waals surface area contributed by atoms with Crippen molar-refractivity contribution in [2.75, 3.05) is 5.32 Å². The molecule has 0 heterocycles. The lowest BCUT2D eigenvalue weighted by atomic mass is 10.00. The Morgan fingerprint density at radius 1 is 1.25 bits per heavy atom. The summed E-state index contributed by atoms with van der Waals surface area (Å²) in [6.07, 6.45) is 0. The average molecular weight is 350 g/mol. The maximum Gasteiger partial charge on any atom is 0.246 e. The number of hydrogen-bond donors (Lipinski definition) is 1. The van der Waals surface area contributed by atoms with Crippen LogP contribution in [0, 0.1) is 11.3 Å². The predicted octanol–water partition coefficient (Wildman–Crippen LogP) is 4.35. The van der Waals surface area contributed by atoms with Crippen LogP contribution in [0.25, 0.3) is 0 Å². The van der Waals surface area contributed by atoms with E-state index in [0.717, 1.165) is 4.47 Å². The Bertz CT molecular complexity index is 667. The van der Waals surface area contributed by atoms with Gasteiger partial charge in [-0.2, -0.15) is 5.26 Å². The van der Waals surface area contributed by atoms with E-state index in [2.05, 4.69) is 21.2 Å². The molecule has 1 amide bonds. The number of nitriles is 1. The fraction of sp³-hybridized carbons (Fsp3) is 0.0667. The fourth-order valence-corrected chi connectivity index (χ4v) is 2.45. The van der Waals surface area contributed by atoms with Crippen LogP contribution in [-0.4, -0.2) is 5.91 Å². The van der Waals surface area contributed by atoms with E-state index >= 15 is 0 Å². The lowest BCUT2D eigenvalue weighted by Crippen LogP contribution is -2.20. The number of carbonyl (C=O) groups is 1. The number of rotatable bonds is 3. The van der Waals surface area contributed by atoms with Crippen LogP contribution < -0.4 is 5.32 Å². The molecule has 0 aliphatic rings. The van der Waals surface area contributed by atoms with Gasteiger partial charge in [0.25, 0.3) is 0 Å². The van der Waals surface area contributed by atoms with E-state index in [4.69, 9.17) is 11.6 Å². The van der Waals surface area contributed by atoms with Crippen LogP contribution in [0.1, 0.15) is 11.5 Å². The highest BCUT2D eigenvalue weighted by Crippen LogP contribution is 2.27. The number of nitrogens with zero attached hydrogens (tertiary/aromatic N) is 1. The largest absolute Gasteiger partial charge is 0.323 e. The second-order valence-electron chi connectivity index (χ2n) is 4.09. The van der Waals surface area contributed by atoms with Crippen molar-refractivity contribution in [2.24, 2.45) is 0 Å². The highest BCUT2D eigenvalue weighted by molar-refractivity contribution is 9.10. The molecule has 2 aromatic rings. The smallest absolute Gasteiger partial charge is 0.246 e. The number of anilines is 1. The van der Waals surface area contributed by atoms with E-state index in [1.54, 1.807) is 42.5 Å². The second kappa shape index (κ2) is 6.56. The minimum absolute atomic E-state index is 0.400. The molecular formula is C15H10BrClN2O. The van der Waals surface area contributed by atoms with E-state index in [0.29, 0.717) is 16.3 Å². The lowest BCUT2D eigenvalue weighted by Gasteiger charge is -2.11. The summed E-state index contributed by atoms with van der Waals surface area (Å²) in [6.45, 7) is 0. The third kappa shape index (κ3) is 3.38. The third-order valence-electron chi connectivity index (χ3n) is 2.71. The van der Waals surface area contributed by atoms with E-state index in [-0.39, 0.29) is 0 Å². The van der Waals surface area contributed by atoms with Crippen molar-refractivity contribution < 1.29 is 4.79 Å². The number of nitrogens with one attached hydrogen (secondary N) is 1. The van der Waals surface area contributed by atoms with E-state index in [1.165, 1.54) is 0 Å². The zero-order valence-corrected chi connectivity index (χ0v) is 12.6. The van der Waals surface area contributed by atoms with Crippen LogP contribution >= 0.6 is 27.5 Å². The van der Waals surface area contributed by atoms with Gasteiger partial charge in [0.15, 0.2) is 5.92 Å². The minimum Gasteiger partial charge on any atom is -0.323 e. The van der Waals surface area contributed by atoms with Gasteiger partial charge in [0.05, 0.1) is 16.8 Å². The van der Waals surface area contributed by atoms with Crippen molar-refractivity contribution in [3.8, 4) is 6.07 Å². The van der Waals surface area contributed by atoms with Gasteiger partial charge in [-0.3, -0.25) is 4.79 Å².